The zero-order valence-electron chi connectivity index (χ0n) is 8.37. The predicted octanol–water partition coefficient (Wildman–Crippen LogP) is 1.60. The van der Waals surface area contributed by atoms with E-state index in [2.05, 4.69) is 11.8 Å². The second-order valence-electron chi connectivity index (χ2n) is 3.91. The number of thioether (sulfide) groups is 1. The first-order chi connectivity index (χ1) is 6.38. The monoisotopic (exact) mass is 201 g/mol. The fraction of sp³-hybridized carbons (Fsp3) is 1.00. The molecule has 0 amide bonds. The molecule has 0 N–H and O–H groups in total. The standard InChI is InChI=1S/C10H19NOS/c1-2-13-6-5-11-7-9-3-4-10(8-11)12-9/h9-10H,2-8H2,1H3. The summed E-state index contributed by atoms with van der Waals surface area (Å²) < 4.78 is 5.79. The Balaban J connectivity index is 1.69. The van der Waals surface area contributed by atoms with Gasteiger partial charge in [0, 0.05) is 25.4 Å². The lowest BCUT2D eigenvalue weighted by Crippen LogP contribution is -2.43. The van der Waals surface area contributed by atoms with Crippen LogP contribution in [0.5, 0.6) is 0 Å². The average Bonchev–Trinajstić information content (AvgIpc) is 2.46. The molecule has 13 heavy (non-hydrogen) atoms. The maximum absolute atomic E-state index is 5.79. The van der Waals surface area contributed by atoms with Crippen LogP contribution in [0.3, 0.4) is 0 Å². The van der Waals surface area contributed by atoms with Gasteiger partial charge in [0.15, 0.2) is 0 Å². The van der Waals surface area contributed by atoms with Gasteiger partial charge in [0.25, 0.3) is 0 Å². The third-order valence-electron chi connectivity index (χ3n) is 2.88. The molecule has 76 valence electrons. The normalized spacial score (nSPS) is 33.9. The van der Waals surface area contributed by atoms with Crippen LogP contribution in [0.15, 0.2) is 0 Å². The largest absolute Gasteiger partial charge is 0.372 e. The Bertz CT molecular complexity index is 153. The van der Waals surface area contributed by atoms with Crippen molar-refractivity contribution in [1.82, 2.24) is 4.90 Å². The molecule has 2 heterocycles. The summed E-state index contributed by atoms with van der Waals surface area (Å²) in [5, 5.41) is 0. The molecule has 0 aliphatic carbocycles. The Morgan fingerprint density at radius 1 is 1.31 bits per heavy atom. The highest BCUT2D eigenvalue weighted by atomic mass is 32.2. The van der Waals surface area contributed by atoms with E-state index < -0.39 is 0 Å². The van der Waals surface area contributed by atoms with Crippen LogP contribution in [-0.4, -0.2) is 48.2 Å². The average molecular weight is 201 g/mol. The van der Waals surface area contributed by atoms with Gasteiger partial charge in [-0.15, -0.1) is 0 Å². The van der Waals surface area contributed by atoms with Gasteiger partial charge in [-0.3, -0.25) is 4.90 Å². The molecule has 2 aliphatic heterocycles. The molecule has 2 aliphatic rings. The quantitative estimate of drug-likeness (QED) is 0.641. The van der Waals surface area contributed by atoms with Gasteiger partial charge in [-0.2, -0.15) is 11.8 Å². The smallest absolute Gasteiger partial charge is 0.0707 e. The fourth-order valence-electron chi connectivity index (χ4n) is 2.22. The van der Waals surface area contributed by atoms with E-state index in [1.54, 1.807) is 0 Å². The van der Waals surface area contributed by atoms with Crippen LogP contribution in [0.4, 0.5) is 0 Å². The summed E-state index contributed by atoms with van der Waals surface area (Å²) in [7, 11) is 0. The van der Waals surface area contributed by atoms with Crippen molar-refractivity contribution in [3.8, 4) is 0 Å². The Morgan fingerprint density at radius 3 is 2.62 bits per heavy atom. The topological polar surface area (TPSA) is 12.5 Å². The minimum Gasteiger partial charge on any atom is -0.372 e. The molecule has 0 aromatic carbocycles. The van der Waals surface area contributed by atoms with Crippen LogP contribution >= 0.6 is 11.8 Å². The molecular weight excluding hydrogens is 182 g/mol. The molecule has 2 nitrogen and oxygen atoms in total. The number of fused-ring (bicyclic) bond motifs is 2. The van der Waals surface area contributed by atoms with Gasteiger partial charge >= 0.3 is 0 Å². The number of nitrogens with zero attached hydrogens (tertiary/aromatic N) is 1. The number of hydrogen-bond acceptors (Lipinski definition) is 3. The van der Waals surface area contributed by atoms with E-state index in [1.165, 1.54) is 44.0 Å². The Hall–Kier alpha value is 0.270. The zero-order chi connectivity index (χ0) is 9.10. The second kappa shape index (κ2) is 4.67. The molecule has 2 atom stereocenters. The Kier molecular flexibility index (Phi) is 3.52. The van der Waals surface area contributed by atoms with Crippen LogP contribution in [-0.2, 0) is 4.74 Å². The van der Waals surface area contributed by atoms with E-state index in [0.29, 0.717) is 12.2 Å². The minimum atomic E-state index is 0.561. The van der Waals surface area contributed by atoms with E-state index in [9.17, 15) is 0 Å². The molecule has 2 unspecified atom stereocenters. The van der Waals surface area contributed by atoms with Crippen molar-refractivity contribution in [3.63, 3.8) is 0 Å². The number of morpholine rings is 1. The summed E-state index contributed by atoms with van der Waals surface area (Å²) >= 11 is 2.04. The lowest BCUT2D eigenvalue weighted by molar-refractivity contribution is -0.0360. The van der Waals surface area contributed by atoms with Crippen molar-refractivity contribution < 1.29 is 4.74 Å². The predicted molar refractivity (Wildman–Crippen MR) is 57.3 cm³/mol. The van der Waals surface area contributed by atoms with E-state index in [1.807, 2.05) is 11.8 Å². The molecular formula is C10H19NOS. The van der Waals surface area contributed by atoms with E-state index >= 15 is 0 Å². The highest BCUT2D eigenvalue weighted by molar-refractivity contribution is 7.99. The summed E-state index contributed by atoms with van der Waals surface area (Å²) in [5.41, 5.74) is 0. The number of likely N-dealkylation sites (tertiary alicyclic amines) is 1. The van der Waals surface area contributed by atoms with Gasteiger partial charge in [-0.1, -0.05) is 6.92 Å². The minimum absolute atomic E-state index is 0.561. The SMILES string of the molecule is CCSCCN1CC2CCC(C1)O2. The van der Waals surface area contributed by atoms with Crippen LogP contribution in [0.1, 0.15) is 19.8 Å². The summed E-state index contributed by atoms with van der Waals surface area (Å²) in [5.74, 6) is 2.53. The maximum Gasteiger partial charge on any atom is 0.0707 e. The molecule has 0 aromatic rings. The summed E-state index contributed by atoms with van der Waals surface area (Å²) in [6.45, 7) is 5.85. The van der Waals surface area contributed by atoms with Crippen molar-refractivity contribution >= 4 is 11.8 Å². The summed E-state index contributed by atoms with van der Waals surface area (Å²) in [4.78, 5) is 2.58. The lowest BCUT2D eigenvalue weighted by Gasteiger charge is -2.31. The molecule has 0 aromatic heterocycles. The van der Waals surface area contributed by atoms with Crippen LogP contribution < -0.4 is 0 Å². The molecule has 0 saturated carbocycles. The van der Waals surface area contributed by atoms with Crippen LogP contribution in [0, 0.1) is 0 Å². The molecule has 0 spiro atoms. The fourth-order valence-corrected chi connectivity index (χ4v) is 2.90. The zero-order valence-corrected chi connectivity index (χ0v) is 9.18. The van der Waals surface area contributed by atoms with Crippen molar-refractivity contribution in [2.75, 3.05) is 31.1 Å². The highest BCUT2D eigenvalue weighted by Gasteiger charge is 2.33. The number of rotatable bonds is 4. The van der Waals surface area contributed by atoms with Gasteiger partial charge < -0.3 is 4.74 Å². The molecule has 2 bridgehead atoms. The first-order valence-corrected chi connectivity index (χ1v) is 6.49. The molecule has 0 radical (unpaired) electrons. The first kappa shape index (κ1) is 9.81. The van der Waals surface area contributed by atoms with E-state index in [4.69, 9.17) is 4.74 Å². The number of ether oxygens (including phenoxy) is 1. The van der Waals surface area contributed by atoms with E-state index in [0.717, 1.165) is 0 Å². The molecule has 2 rings (SSSR count). The highest BCUT2D eigenvalue weighted by Crippen LogP contribution is 2.26. The third kappa shape index (κ3) is 2.61. The van der Waals surface area contributed by atoms with E-state index in [-0.39, 0.29) is 0 Å². The summed E-state index contributed by atoms with van der Waals surface area (Å²) in [6, 6.07) is 0. The number of hydrogen-bond donors (Lipinski definition) is 0. The van der Waals surface area contributed by atoms with Crippen molar-refractivity contribution in [3.05, 3.63) is 0 Å². The lowest BCUT2D eigenvalue weighted by atomic mass is 10.2. The van der Waals surface area contributed by atoms with Gasteiger partial charge in [-0.05, 0) is 18.6 Å². The molecule has 3 heteroatoms. The summed E-state index contributed by atoms with van der Waals surface area (Å²) in [6.07, 6.45) is 3.71. The van der Waals surface area contributed by atoms with Crippen molar-refractivity contribution in [1.29, 1.82) is 0 Å². The van der Waals surface area contributed by atoms with Crippen molar-refractivity contribution in [2.45, 2.75) is 32.0 Å². The Morgan fingerprint density at radius 2 is 2.00 bits per heavy atom. The molecule has 2 saturated heterocycles. The van der Waals surface area contributed by atoms with Gasteiger partial charge in [0.2, 0.25) is 0 Å². The maximum atomic E-state index is 5.79. The second-order valence-corrected chi connectivity index (χ2v) is 5.31. The van der Waals surface area contributed by atoms with Crippen molar-refractivity contribution in [2.24, 2.45) is 0 Å². The molecule has 2 fully saturated rings. The van der Waals surface area contributed by atoms with Crippen LogP contribution in [0.2, 0.25) is 0 Å². The van der Waals surface area contributed by atoms with Gasteiger partial charge in [-0.25, -0.2) is 0 Å². The van der Waals surface area contributed by atoms with Gasteiger partial charge in [0.1, 0.15) is 0 Å². The van der Waals surface area contributed by atoms with Gasteiger partial charge in [0.05, 0.1) is 12.2 Å². The Labute approximate surface area is 85.0 Å². The third-order valence-corrected chi connectivity index (χ3v) is 3.75. The first-order valence-electron chi connectivity index (χ1n) is 5.34. The van der Waals surface area contributed by atoms with Crippen LogP contribution in [0.25, 0.3) is 0 Å².